The Morgan fingerprint density at radius 2 is 1.92 bits per heavy atom. The lowest BCUT2D eigenvalue weighted by molar-refractivity contribution is -0.126. The molecule has 0 spiro atoms. The van der Waals surface area contributed by atoms with Crippen LogP contribution in [0.2, 0.25) is 0 Å². The van der Waals surface area contributed by atoms with Gasteiger partial charge in [0.05, 0.1) is 0 Å². The second kappa shape index (κ2) is 4.74. The minimum Gasteiger partial charge on any atom is -0.326 e. The molecule has 1 heterocycles. The fourth-order valence-corrected chi connectivity index (χ4v) is 0.918. The van der Waals surface area contributed by atoms with Crippen LogP contribution in [0.15, 0.2) is 0 Å². The highest BCUT2D eigenvalue weighted by molar-refractivity contribution is 6.03. The monoisotopic (exact) mass is 172 g/mol. The van der Waals surface area contributed by atoms with E-state index in [4.69, 9.17) is 0 Å². The molecule has 3 amide bonds. The zero-order chi connectivity index (χ0) is 9.72. The second-order valence-corrected chi connectivity index (χ2v) is 2.31. The van der Waals surface area contributed by atoms with Crippen LogP contribution in [-0.2, 0) is 4.79 Å². The normalized spacial score (nSPS) is 21.7. The molecule has 0 bridgehead atoms. The maximum Gasteiger partial charge on any atom is 0.324 e. The molecule has 1 saturated heterocycles. The Balaban J connectivity index is 0.000000561. The van der Waals surface area contributed by atoms with Gasteiger partial charge in [-0.25, -0.2) is 4.79 Å². The first kappa shape index (κ1) is 10.9. The molecule has 1 rings (SSSR count). The maximum atomic E-state index is 11.0. The molecule has 0 aromatic carbocycles. The molecular weight excluding hydrogens is 156 g/mol. The summed E-state index contributed by atoms with van der Waals surface area (Å²) < 4.78 is 0. The van der Waals surface area contributed by atoms with Gasteiger partial charge < -0.3 is 5.32 Å². The lowest BCUT2D eigenvalue weighted by Gasteiger charge is -2.02. The van der Waals surface area contributed by atoms with Gasteiger partial charge in [0.1, 0.15) is 6.04 Å². The molecule has 1 aliphatic heterocycles. The van der Waals surface area contributed by atoms with Crippen molar-refractivity contribution >= 4 is 11.9 Å². The van der Waals surface area contributed by atoms with Crippen LogP contribution in [0.25, 0.3) is 0 Å². The molecule has 0 aliphatic carbocycles. The summed E-state index contributed by atoms with van der Waals surface area (Å²) in [5.74, 6) is -0.132. The standard InChI is InChI=1S/C6H10N2O2.C2H6/c1-3-4-5(9)8(2)6(10)7-4;1-2/h4H,3H2,1-2H3,(H,7,10);1-2H3. The molecule has 1 unspecified atom stereocenters. The lowest BCUT2D eigenvalue weighted by atomic mass is 10.2. The number of likely N-dealkylation sites (N-methyl/N-ethyl adjacent to an activating group) is 1. The van der Waals surface area contributed by atoms with Crippen LogP contribution in [0.3, 0.4) is 0 Å². The number of nitrogens with zero attached hydrogens (tertiary/aromatic N) is 1. The number of imide groups is 1. The zero-order valence-electron chi connectivity index (χ0n) is 8.05. The SMILES string of the molecule is CC.CCC1NC(=O)N(C)C1=O. The second-order valence-electron chi connectivity index (χ2n) is 2.31. The fourth-order valence-electron chi connectivity index (χ4n) is 0.918. The van der Waals surface area contributed by atoms with Crippen molar-refractivity contribution in [3.8, 4) is 0 Å². The third-order valence-corrected chi connectivity index (χ3v) is 1.64. The highest BCUT2D eigenvalue weighted by Crippen LogP contribution is 2.05. The van der Waals surface area contributed by atoms with Gasteiger partial charge in [0.2, 0.25) is 0 Å². The fraction of sp³-hybridized carbons (Fsp3) is 0.750. The summed E-state index contributed by atoms with van der Waals surface area (Å²) in [5, 5.41) is 2.54. The quantitative estimate of drug-likeness (QED) is 0.599. The molecule has 0 radical (unpaired) electrons. The van der Waals surface area contributed by atoms with Crippen molar-refractivity contribution in [1.82, 2.24) is 10.2 Å². The lowest BCUT2D eigenvalue weighted by Crippen LogP contribution is -2.27. The van der Waals surface area contributed by atoms with Gasteiger partial charge in [-0.15, -0.1) is 0 Å². The van der Waals surface area contributed by atoms with Crippen LogP contribution in [0, 0.1) is 0 Å². The van der Waals surface area contributed by atoms with Gasteiger partial charge >= 0.3 is 6.03 Å². The minimum absolute atomic E-state index is 0.132. The summed E-state index contributed by atoms with van der Waals surface area (Å²) in [6.45, 7) is 5.86. The summed E-state index contributed by atoms with van der Waals surface area (Å²) in [7, 11) is 1.48. The highest BCUT2D eigenvalue weighted by Gasteiger charge is 2.33. The molecule has 0 saturated carbocycles. The maximum absolute atomic E-state index is 11.0. The Morgan fingerprint density at radius 1 is 1.42 bits per heavy atom. The molecule has 70 valence electrons. The summed E-state index contributed by atoms with van der Waals surface area (Å²) in [6.07, 6.45) is 0.662. The van der Waals surface area contributed by atoms with Crippen LogP contribution in [0.4, 0.5) is 4.79 Å². The number of carbonyl (C=O) groups is 2. The number of hydrogen-bond acceptors (Lipinski definition) is 2. The van der Waals surface area contributed by atoms with Gasteiger partial charge in [-0.2, -0.15) is 0 Å². The van der Waals surface area contributed by atoms with Gasteiger partial charge in [0.25, 0.3) is 5.91 Å². The molecule has 4 heteroatoms. The van der Waals surface area contributed by atoms with Crippen molar-refractivity contribution < 1.29 is 9.59 Å². The largest absolute Gasteiger partial charge is 0.326 e. The number of nitrogens with one attached hydrogen (secondary N) is 1. The van der Waals surface area contributed by atoms with E-state index < -0.39 is 0 Å². The van der Waals surface area contributed by atoms with Crippen LogP contribution >= 0.6 is 0 Å². The van der Waals surface area contributed by atoms with E-state index in [9.17, 15) is 9.59 Å². The number of hydrogen-bond donors (Lipinski definition) is 1. The number of urea groups is 1. The van der Waals surface area contributed by atoms with Crippen molar-refractivity contribution in [3.05, 3.63) is 0 Å². The van der Waals surface area contributed by atoms with E-state index in [0.29, 0.717) is 6.42 Å². The smallest absolute Gasteiger partial charge is 0.324 e. The number of carbonyl (C=O) groups excluding carboxylic acids is 2. The van der Waals surface area contributed by atoms with Gasteiger partial charge in [0, 0.05) is 7.05 Å². The van der Waals surface area contributed by atoms with Crippen molar-refractivity contribution in [2.75, 3.05) is 7.05 Å². The van der Waals surface area contributed by atoms with E-state index in [2.05, 4.69) is 5.32 Å². The average molecular weight is 172 g/mol. The van der Waals surface area contributed by atoms with Crippen LogP contribution in [-0.4, -0.2) is 29.9 Å². The Morgan fingerprint density at radius 3 is 2.08 bits per heavy atom. The molecule has 4 nitrogen and oxygen atoms in total. The van der Waals surface area contributed by atoms with Crippen molar-refractivity contribution in [3.63, 3.8) is 0 Å². The summed E-state index contributed by atoms with van der Waals surface area (Å²) in [6, 6.07) is -0.589. The molecular formula is C8H16N2O2. The van der Waals surface area contributed by atoms with E-state index >= 15 is 0 Å². The topological polar surface area (TPSA) is 49.4 Å². The van der Waals surface area contributed by atoms with E-state index in [1.54, 1.807) is 0 Å². The Hall–Kier alpha value is -1.06. The van der Waals surface area contributed by atoms with Crippen molar-refractivity contribution in [1.29, 1.82) is 0 Å². The molecule has 1 N–H and O–H groups in total. The molecule has 1 fully saturated rings. The predicted octanol–water partition coefficient (Wildman–Crippen LogP) is 0.973. The van der Waals surface area contributed by atoms with Gasteiger partial charge in [-0.3, -0.25) is 9.69 Å². The third kappa shape index (κ3) is 1.96. The molecule has 0 aromatic rings. The van der Waals surface area contributed by atoms with Gasteiger partial charge in [-0.1, -0.05) is 20.8 Å². The van der Waals surface area contributed by atoms with Crippen molar-refractivity contribution in [2.45, 2.75) is 33.2 Å². The van der Waals surface area contributed by atoms with E-state index in [1.165, 1.54) is 7.05 Å². The Kier molecular flexibility index (Phi) is 4.33. The first-order chi connectivity index (χ1) is 5.66. The Labute approximate surface area is 72.9 Å². The predicted molar refractivity (Wildman–Crippen MR) is 46.7 cm³/mol. The Bertz CT molecular complexity index is 180. The summed E-state index contributed by atoms with van der Waals surface area (Å²) in [4.78, 5) is 22.8. The molecule has 0 aromatic heterocycles. The van der Waals surface area contributed by atoms with E-state index in [-0.39, 0.29) is 18.0 Å². The summed E-state index contributed by atoms with van der Waals surface area (Å²) in [5.41, 5.74) is 0. The zero-order valence-corrected chi connectivity index (χ0v) is 8.05. The van der Waals surface area contributed by atoms with Gasteiger partial charge in [-0.05, 0) is 6.42 Å². The van der Waals surface area contributed by atoms with Crippen LogP contribution < -0.4 is 5.32 Å². The minimum atomic E-state index is -0.295. The first-order valence-corrected chi connectivity index (χ1v) is 4.25. The highest BCUT2D eigenvalue weighted by atomic mass is 16.2. The number of amides is 3. The van der Waals surface area contributed by atoms with Crippen molar-refractivity contribution in [2.24, 2.45) is 0 Å². The molecule has 12 heavy (non-hydrogen) atoms. The third-order valence-electron chi connectivity index (χ3n) is 1.64. The molecule has 1 atom stereocenters. The van der Waals surface area contributed by atoms with Crippen LogP contribution in [0.5, 0.6) is 0 Å². The van der Waals surface area contributed by atoms with E-state index in [1.807, 2.05) is 20.8 Å². The van der Waals surface area contributed by atoms with Crippen LogP contribution in [0.1, 0.15) is 27.2 Å². The van der Waals surface area contributed by atoms with E-state index in [0.717, 1.165) is 4.90 Å². The average Bonchev–Trinajstić information content (AvgIpc) is 2.36. The summed E-state index contributed by atoms with van der Waals surface area (Å²) >= 11 is 0. The van der Waals surface area contributed by atoms with Gasteiger partial charge in [0.15, 0.2) is 0 Å². The number of rotatable bonds is 1. The molecule has 1 aliphatic rings. The first-order valence-electron chi connectivity index (χ1n) is 4.25.